The van der Waals surface area contributed by atoms with Crippen molar-refractivity contribution in [2.45, 2.75) is 6.92 Å². The van der Waals surface area contributed by atoms with E-state index in [4.69, 9.17) is 9.47 Å². The van der Waals surface area contributed by atoms with Crippen LogP contribution in [0.1, 0.15) is 16.1 Å². The monoisotopic (exact) mass is 351 g/mol. The number of nitrogens with zero attached hydrogens (tertiary/aromatic N) is 2. The van der Waals surface area contributed by atoms with E-state index in [0.717, 1.165) is 5.56 Å². The summed E-state index contributed by atoms with van der Waals surface area (Å²) in [5.41, 5.74) is 1.58. The number of amides is 1. The number of aryl methyl sites for hydroxylation is 2. The minimum atomic E-state index is -0.564. The summed E-state index contributed by atoms with van der Waals surface area (Å²) in [7, 11) is 1.71. The standard InChI is InChI=1S/C19H17N3O4/c1-11-3-5-14-13(9-11)18(23)17(21-22(14)2)19(24)20-12-4-6-15-16(10-12)26-8-7-25-15/h3-6,9-10H,7-8H2,1-2H3,(H,20,24). The van der Waals surface area contributed by atoms with Gasteiger partial charge in [-0.15, -0.1) is 0 Å². The Morgan fingerprint density at radius 3 is 2.69 bits per heavy atom. The zero-order valence-corrected chi connectivity index (χ0v) is 14.4. The fraction of sp³-hybridized carbons (Fsp3) is 0.211. The van der Waals surface area contributed by atoms with Gasteiger partial charge >= 0.3 is 0 Å². The first-order valence-corrected chi connectivity index (χ1v) is 8.21. The summed E-state index contributed by atoms with van der Waals surface area (Å²) >= 11 is 0. The van der Waals surface area contributed by atoms with Gasteiger partial charge in [0.1, 0.15) is 13.2 Å². The van der Waals surface area contributed by atoms with Gasteiger partial charge in [-0.25, -0.2) is 0 Å². The summed E-state index contributed by atoms with van der Waals surface area (Å²) in [6.45, 7) is 2.85. The second-order valence-electron chi connectivity index (χ2n) is 6.13. The molecule has 0 spiro atoms. The van der Waals surface area contributed by atoms with Crippen molar-refractivity contribution in [3.63, 3.8) is 0 Å². The molecule has 2 heterocycles. The molecule has 132 valence electrons. The Kier molecular flexibility index (Phi) is 3.84. The summed E-state index contributed by atoms with van der Waals surface area (Å²) in [6, 6.07) is 10.6. The number of fused-ring (bicyclic) bond motifs is 2. The van der Waals surface area contributed by atoms with Crippen LogP contribution in [0.4, 0.5) is 5.69 Å². The Labute approximate surface area is 149 Å². The van der Waals surface area contributed by atoms with Gasteiger partial charge in [-0.1, -0.05) is 11.6 Å². The van der Waals surface area contributed by atoms with E-state index < -0.39 is 11.3 Å². The van der Waals surface area contributed by atoms with Crippen LogP contribution in [0.5, 0.6) is 11.5 Å². The van der Waals surface area contributed by atoms with Gasteiger partial charge in [0.15, 0.2) is 17.2 Å². The van der Waals surface area contributed by atoms with E-state index in [2.05, 4.69) is 10.4 Å². The Morgan fingerprint density at radius 2 is 1.88 bits per heavy atom. The van der Waals surface area contributed by atoms with Crippen LogP contribution in [-0.2, 0) is 7.05 Å². The topological polar surface area (TPSA) is 82.5 Å². The quantitative estimate of drug-likeness (QED) is 0.766. The van der Waals surface area contributed by atoms with Crippen LogP contribution in [-0.4, -0.2) is 28.9 Å². The van der Waals surface area contributed by atoms with Gasteiger partial charge in [-0.05, 0) is 31.2 Å². The van der Waals surface area contributed by atoms with Crippen molar-refractivity contribution in [2.24, 2.45) is 7.05 Å². The molecule has 1 aromatic heterocycles. The maximum absolute atomic E-state index is 12.7. The van der Waals surface area contributed by atoms with Crippen molar-refractivity contribution >= 4 is 22.5 Å². The summed E-state index contributed by atoms with van der Waals surface area (Å²) in [5.74, 6) is 0.624. The normalized spacial score (nSPS) is 12.8. The third-order valence-electron chi connectivity index (χ3n) is 4.23. The highest BCUT2D eigenvalue weighted by Crippen LogP contribution is 2.32. The first kappa shape index (κ1) is 16.1. The largest absolute Gasteiger partial charge is 0.486 e. The van der Waals surface area contributed by atoms with Gasteiger partial charge in [0.2, 0.25) is 5.43 Å². The second-order valence-corrected chi connectivity index (χ2v) is 6.13. The van der Waals surface area contributed by atoms with Crippen molar-refractivity contribution < 1.29 is 14.3 Å². The van der Waals surface area contributed by atoms with Crippen LogP contribution in [0.3, 0.4) is 0 Å². The molecule has 3 aromatic rings. The minimum Gasteiger partial charge on any atom is -0.486 e. The number of ether oxygens (including phenoxy) is 2. The molecule has 1 aliphatic rings. The third kappa shape index (κ3) is 2.77. The maximum atomic E-state index is 12.7. The summed E-state index contributed by atoms with van der Waals surface area (Å²) < 4.78 is 12.5. The molecule has 0 saturated heterocycles. The number of hydrogen-bond acceptors (Lipinski definition) is 5. The average Bonchev–Trinajstić information content (AvgIpc) is 2.64. The highest BCUT2D eigenvalue weighted by atomic mass is 16.6. The molecule has 1 N–H and O–H groups in total. The zero-order chi connectivity index (χ0) is 18.3. The summed E-state index contributed by atoms with van der Waals surface area (Å²) in [5, 5.41) is 7.32. The molecule has 0 aliphatic carbocycles. The van der Waals surface area contributed by atoms with E-state index in [1.165, 1.54) is 4.68 Å². The van der Waals surface area contributed by atoms with E-state index in [0.29, 0.717) is 41.3 Å². The molecule has 7 nitrogen and oxygen atoms in total. The second kappa shape index (κ2) is 6.18. The van der Waals surface area contributed by atoms with E-state index in [1.807, 2.05) is 19.1 Å². The number of anilines is 1. The lowest BCUT2D eigenvalue weighted by molar-refractivity contribution is 0.101. The Bertz CT molecular complexity index is 1090. The van der Waals surface area contributed by atoms with Crippen molar-refractivity contribution in [3.8, 4) is 11.5 Å². The number of hydrogen-bond donors (Lipinski definition) is 1. The van der Waals surface area contributed by atoms with E-state index >= 15 is 0 Å². The number of rotatable bonds is 2. The van der Waals surface area contributed by atoms with Crippen LogP contribution in [0.2, 0.25) is 0 Å². The van der Waals surface area contributed by atoms with Crippen molar-refractivity contribution in [1.29, 1.82) is 0 Å². The predicted octanol–water partition coefficient (Wildman–Crippen LogP) is 2.27. The van der Waals surface area contributed by atoms with Crippen LogP contribution >= 0.6 is 0 Å². The lowest BCUT2D eigenvalue weighted by atomic mass is 10.1. The average molecular weight is 351 g/mol. The molecular formula is C19H17N3O4. The van der Waals surface area contributed by atoms with Gasteiger partial charge in [0.25, 0.3) is 5.91 Å². The molecule has 1 aliphatic heterocycles. The Balaban J connectivity index is 1.70. The van der Waals surface area contributed by atoms with Gasteiger partial charge in [-0.3, -0.25) is 14.3 Å². The summed E-state index contributed by atoms with van der Waals surface area (Å²) in [6.07, 6.45) is 0. The van der Waals surface area contributed by atoms with Crippen molar-refractivity contribution in [1.82, 2.24) is 9.78 Å². The molecule has 2 aromatic carbocycles. The molecule has 0 unspecified atom stereocenters. The van der Waals surface area contributed by atoms with E-state index in [1.54, 1.807) is 31.3 Å². The number of carbonyl (C=O) groups excluding carboxylic acids is 1. The maximum Gasteiger partial charge on any atom is 0.280 e. The fourth-order valence-corrected chi connectivity index (χ4v) is 2.95. The van der Waals surface area contributed by atoms with Crippen LogP contribution < -0.4 is 20.2 Å². The minimum absolute atomic E-state index is 0.152. The molecule has 26 heavy (non-hydrogen) atoms. The molecular weight excluding hydrogens is 334 g/mol. The predicted molar refractivity (Wildman–Crippen MR) is 97.1 cm³/mol. The Morgan fingerprint density at radius 1 is 1.12 bits per heavy atom. The van der Waals surface area contributed by atoms with Gasteiger partial charge in [0, 0.05) is 18.8 Å². The van der Waals surface area contributed by atoms with Crippen LogP contribution in [0, 0.1) is 6.92 Å². The molecule has 4 rings (SSSR count). The fourth-order valence-electron chi connectivity index (χ4n) is 2.95. The smallest absolute Gasteiger partial charge is 0.280 e. The SMILES string of the molecule is Cc1ccc2c(c1)c(=O)c(C(=O)Nc1ccc3c(c1)OCCO3)nn2C. The highest BCUT2D eigenvalue weighted by Gasteiger charge is 2.18. The summed E-state index contributed by atoms with van der Waals surface area (Å²) in [4.78, 5) is 25.3. The molecule has 0 fully saturated rings. The van der Waals surface area contributed by atoms with Crippen LogP contribution in [0.15, 0.2) is 41.2 Å². The van der Waals surface area contributed by atoms with Crippen molar-refractivity contribution in [2.75, 3.05) is 18.5 Å². The van der Waals surface area contributed by atoms with Gasteiger partial charge < -0.3 is 14.8 Å². The van der Waals surface area contributed by atoms with Gasteiger partial charge in [0.05, 0.1) is 10.9 Å². The van der Waals surface area contributed by atoms with E-state index in [9.17, 15) is 9.59 Å². The first-order valence-electron chi connectivity index (χ1n) is 8.21. The molecule has 0 bridgehead atoms. The Hall–Kier alpha value is -3.35. The molecule has 0 radical (unpaired) electrons. The van der Waals surface area contributed by atoms with Crippen LogP contribution in [0.25, 0.3) is 10.9 Å². The lowest BCUT2D eigenvalue weighted by Gasteiger charge is -2.19. The first-order chi connectivity index (χ1) is 12.5. The molecule has 0 atom stereocenters. The number of nitrogens with one attached hydrogen (secondary N) is 1. The molecule has 1 amide bonds. The number of benzene rings is 2. The third-order valence-corrected chi connectivity index (χ3v) is 4.23. The lowest BCUT2D eigenvalue weighted by Crippen LogP contribution is -2.26. The zero-order valence-electron chi connectivity index (χ0n) is 14.4. The number of carbonyl (C=O) groups is 1. The van der Waals surface area contributed by atoms with Crippen molar-refractivity contribution in [3.05, 3.63) is 57.9 Å². The van der Waals surface area contributed by atoms with Gasteiger partial charge in [-0.2, -0.15) is 5.10 Å². The highest BCUT2D eigenvalue weighted by molar-refractivity contribution is 6.04. The van der Waals surface area contributed by atoms with E-state index in [-0.39, 0.29) is 5.69 Å². The molecule has 7 heteroatoms. The molecule has 0 saturated carbocycles. The number of aromatic nitrogens is 2.